The summed E-state index contributed by atoms with van der Waals surface area (Å²) >= 11 is 0. The smallest absolute Gasteiger partial charge is 0.398 e. The zero-order chi connectivity index (χ0) is 14.9. The van der Waals surface area contributed by atoms with Crippen molar-refractivity contribution in [2.24, 2.45) is 0 Å². The summed E-state index contributed by atoms with van der Waals surface area (Å²) in [5, 5.41) is 3.70. The molecule has 0 aliphatic heterocycles. The molecule has 0 unspecified atom stereocenters. The minimum absolute atomic E-state index is 0.0227. The van der Waals surface area contributed by atoms with Gasteiger partial charge in [-0.25, -0.2) is 0 Å². The molecule has 1 aromatic carbocycles. The van der Waals surface area contributed by atoms with E-state index < -0.39 is 11.7 Å². The van der Waals surface area contributed by atoms with Crippen molar-refractivity contribution < 1.29 is 17.7 Å². The molecule has 2 N–H and O–H groups in total. The minimum Gasteiger partial charge on any atom is -0.398 e. The first-order valence-corrected chi connectivity index (χ1v) is 5.72. The fraction of sp³-hybridized carbons (Fsp3) is 0.333. The molecule has 0 radical (unpaired) electrons. The van der Waals surface area contributed by atoms with E-state index in [4.69, 9.17) is 10.3 Å². The Morgan fingerprint density at radius 2 is 2.00 bits per heavy atom. The topological polar surface area (TPSA) is 68.2 Å². The van der Waals surface area contributed by atoms with Crippen LogP contribution in [0.1, 0.15) is 11.4 Å². The second kappa shape index (κ2) is 5.12. The highest BCUT2D eigenvalue weighted by atomic mass is 19.4. The minimum atomic E-state index is -4.45. The van der Waals surface area contributed by atoms with Crippen LogP contribution in [0.25, 0.3) is 11.5 Å². The van der Waals surface area contributed by atoms with Crippen LogP contribution in [0.15, 0.2) is 22.7 Å². The van der Waals surface area contributed by atoms with E-state index in [2.05, 4.69) is 10.1 Å². The monoisotopic (exact) mass is 286 g/mol. The van der Waals surface area contributed by atoms with E-state index in [1.165, 1.54) is 6.07 Å². The lowest BCUT2D eigenvalue weighted by Crippen LogP contribution is -2.11. The maximum atomic E-state index is 12.7. The van der Waals surface area contributed by atoms with Gasteiger partial charge < -0.3 is 15.2 Å². The van der Waals surface area contributed by atoms with Crippen LogP contribution in [0.2, 0.25) is 0 Å². The summed E-state index contributed by atoms with van der Waals surface area (Å²) in [5.41, 5.74) is 5.09. The molecule has 0 aliphatic carbocycles. The highest BCUT2D eigenvalue weighted by molar-refractivity contribution is 5.71. The molecule has 1 heterocycles. The summed E-state index contributed by atoms with van der Waals surface area (Å²) in [4.78, 5) is 5.85. The molecule has 0 atom stereocenters. The average molecular weight is 286 g/mol. The van der Waals surface area contributed by atoms with Crippen molar-refractivity contribution in [3.05, 3.63) is 29.6 Å². The number of anilines is 1. The number of halogens is 3. The maximum Gasteiger partial charge on any atom is 0.416 e. The summed E-state index contributed by atoms with van der Waals surface area (Å²) in [6.07, 6.45) is -4.45. The van der Waals surface area contributed by atoms with Crippen LogP contribution in [0.5, 0.6) is 0 Å². The number of nitrogens with two attached hydrogens (primary N) is 1. The van der Waals surface area contributed by atoms with Gasteiger partial charge in [-0.05, 0) is 32.3 Å². The fourth-order valence-electron chi connectivity index (χ4n) is 1.63. The molecule has 0 aliphatic rings. The molecule has 2 rings (SSSR count). The predicted octanol–water partition coefficient (Wildman–Crippen LogP) is 2.40. The van der Waals surface area contributed by atoms with Crippen molar-refractivity contribution in [3.8, 4) is 11.5 Å². The lowest BCUT2D eigenvalue weighted by molar-refractivity contribution is -0.137. The quantitative estimate of drug-likeness (QED) is 0.877. The molecule has 8 heteroatoms. The van der Waals surface area contributed by atoms with Gasteiger partial charge in [0.25, 0.3) is 5.89 Å². The molecule has 0 fully saturated rings. The van der Waals surface area contributed by atoms with Crippen molar-refractivity contribution in [1.29, 1.82) is 0 Å². The number of hydrogen-bond acceptors (Lipinski definition) is 5. The highest BCUT2D eigenvalue weighted by Gasteiger charge is 2.31. The van der Waals surface area contributed by atoms with Crippen LogP contribution in [-0.2, 0) is 12.7 Å². The van der Waals surface area contributed by atoms with E-state index in [1.54, 1.807) is 0 Å². The number of alkyl halides is 3. The van der Waals surface area contributed by atoms with Crippen LogP contribution in [-0.4, -0.2) is 29.1 Å². The van der Waals surface area contributed by atoms with Crippen LogP contribution in [0, 0.1) is 0 Å². The van der Waals surface area contributed by atoms with Crippen molar-refractivity contribution in [1.82, 2.24) is 15.0 Å². The molecule has 20 heavy (non-hydrogen) atoms. The Bertz CT molecular complexity index is 607. The largest absolute Gasteiger partial charge is 0.416 e. The molecule has 108 valence electrons. The van der Waals surface area contributed by atoms with Crippen LogP contribution in [0.3, 0.4) is 0 Å². The first-order valence-electron chi connectivity index (χ1n) is 5.72. The van der Waals surface area contributed by atoms with Gasteiger partial charge in [0.15, 0.2) is 5.82 Å². The first-order chi connectivity index (χ1) is 9.27. The SMILES string of the molecule is CN(C)Cc1noc(-c2cc(C(F)(F)F)ccc2N)n1. The lowest BCUT2D eigenvalue weighted by atomic mass is 10.1. The van der Waals surface area contributed by atoms with Crippen molar-refractivity contribution in [2.45, 2.75) is 12.7 Å². The lowest BCUT2D eigenvalue weighted by Gasteiger charge is -2.08. The third-order valence-corrected chi connectivity index (χ3v) is 2.54. The summed E-state index contributed by atoms with van der Waals surface area (Å²) in [7, 11) is 3.63. The molecule has 0 bridgehead atoms. The number of nitrogens with zero attached hydrogens (tertiary/aromatic N) is 3. The first kappa shape index (κ1) is 14.3. The van der Waals surface area contributed by atoms with E-state index in [0.29, 0.717) is 12.4 Å². The Morgan fingerprint density at radius 1 is 1.30 bits per heavy atom. The molecule has 0 saturated heterocycles. The summed E-state index contributed by atoms with van der Waals surface area (Å²) in [5.74, 6) is 0.354. The van der Waals surface area contributed by atoms with Gasteiger partial charge >= 0.3 is 6.18 Å². The number of hydrogen-bond donors (Lipinski definition) is 1. The molecule has 0 spiro atoms. The molecule has 2 aromatic rings. The number of rotatable bonds is 3. The zero-order valence-electron chi connectivity index (χ0n) is 10.9. The van der Waals surface area contributed by atoms with Crippen molar-refractivity contribution >= 4 is 5.69 Å². The second-order valence-corrected chi connectivity index (χ2v) is 4.55. The summed E-state index contributed by atoms with van der Waals surface area (Å²) in [6.45, 7) is 0.419. The normalized spacial score (nSPS) is 12.1. The summed E-state index contributed by atoms with van der Waals surface area (Å²) in [6, 6.07) is 2.99. The number of aromatic nitrogens is 2. The van der Waals surface area contributed by atoms with Gasteiger partial charge in [-0.2, -0.15) is 18.2 Å². The molecular formula is C12H13F3N4O. The fourth-order valence-corrected chi connectivity index (χ4v) is 1.63. The Morgan fingerprint density at radius 3 is 2.60 bits per heavy atom. The van der Waals surface area contributed by atoms with Gasteiger partial charge in [0, 0.05) is 5.69 Å². The van der Waals surface area contributed by atoms with E-state index >= 15 is 0 Å². The number of nitrogen functional groups attached to an aromatic ring is 1. The molecule has 0 amide bonds. The average Bonchev–Trinajstić information content (AvgIpc) is 2.75. The highest BCUT2D eigenvalue weighted by Crippen LogP contribution is 2.34. The van der Waals surface area contributed by atoms with E-state index in [9.17, 15) is 13.2 Å². The second-order valence-electron chi connectivity index (χ2n) is 4.55. The Balaban J connectivity index is 2.39. The van der Waals surface area contributed by atoms with Gasteiger partial charge in [0.2, 0.25) is 0 Å². The van der Waals surface area contributed by atoms with Crippen LogP contribution >= 0.6 is 0 Å². The number of benzene rings is 1. The van der Waals surface area contributed by atoms with Gasteiger partial charge in [-0.15, -0.1) is 0 Å². The van der Waals surface area contributed by atoms with Crippen LogP contribution < -0.4 is 5.73 Å². The third-order valence-electron chi connectivity index (χ3n) is 2.54. The Labute approximate surface area is 113 Å². The van der Waals surface area contributed by atoms with Crippen molar-refractivity contribution in [2.75, 3.05) is 19.8 Å². The predicted molar refractivity (Wildman–Crippen MR) is 66.5 cm³/mol. The molecule has 0 saturated carbocycles. The van der Waals surface area contributed by atoms with Gasteiger partial charge in [0.05, 0.1) is 17.7 Å². The zero-order valence-corrected chi connectivity index (χ0v) is 10.9. The van der Waals surface area contributed by atoms with E-state index in [1.807, 2.05) is 19.0 Å². The Hall–Kier alpha value is -2.09. The van der Waals surface area contributed by atoms with Gasteiger partial charge in [-0.3, -0.25) is 0 Å². The van der Waals surface area contributed by atoms with E-state index in [0.717, 1.165) is 12.1 Å². The third kappa shape index (κ3) is 3.08. The summed E-state index contributed by atoms with van der Waals surface area (Å²) < 4.78 is 43.0. The molecule has 1 aromatic heterocycles. The Kier molecular flexibility index (Phi) is 3.67. The van der Waals surface area contributed by atoms with Gasteiger partial charge in [0.1, 0.15) is 0 Å². The molecular weight excluding hydrogens is 273 g/mol. The molecule has 5 nitrogen and oxygen atoms in total. The van der Waals surface area contributed by atoms with Crippen LogP contribution in [0.4, 0.5) is 18.9 Å². The van der Waals surface area contributed by atoms with Gasteiger partial charge in [-0.1, -0.05) is 5.16 Å². The van der Waals surface area contributed by atoms with E-state index in [-0.39, 0.29) is 17.1 Å². The maximum absolute atomic E-state index is 12.7. The standard InChI is InChI=1S/C12H13F3N4O/c1-19(2)6-10-17-11(20-18-10)8-5-7(12(13,14)15)3-4-9(8)16/h3-5H,6,16H2,1-2H3. The van der Waals surface area contributed by atoms with Crippen molar-refractivity contribution in [3.63, 3.8) is 0 Å².